The summed E-state index contributed by atoms with van der Waals surface area (Å²) in [6, 6.07) is 6.63. The van der Waals surface area contributed by atoms with Gasteiger partial charge in [0, 0.05) is 5.02 Å². The van der Waals surface area contributed by atoms with E-state index >= 15 is 0 Å². The zero-order valence-corrected chi connectivity index (χ0v) is 9.26. The average molecular weight is 213 g/mol. The molecule has 0 atom stereocenters. The van der Waals surface area contributed by atoms with Gasteiger partial charge in [-0.3, -0.25) is 0 Å². The maximum atomic E-state index is 11.5. The maximum Gasteiger partial charge on any atom is 0.338 e. The van der Waals surface area contributed by atoms with Crippen LogP contribution in [0.5, 0.6) is 0 Å². The lowest BCUT2D eigenvalue weighted by Gasteiger charge is -2.19. The summed E-state index contributed by atoms with van der Waals surface area (Å²) in [5.41, 5.74) is 0.0563. The molecule has 0 heterocycles. The molecule has 2 nitrogen and oxygen atoms in total. The van der Waals surface area contributed by atoms with Crippen LogP contribution < -0.4 is 0 Å². The van der Waals surface area contributed by atoms with Gasteiger partial charge in [-0.1, -0.05) is 11.6 Å². The van der Waals surface area contributed by atoms with Crippen molar-refractivity contribution in [3.8, 4) is 0 Å². The summed E-state index contributed by atoms with van der Waals surface area (Å²) in [5.74, 6) is -0.325. The zero-order valence-electron chi connectivity index (χ0n) is 8.50. The number of benzene rings is 1. The molecule has 14 heavy (non-hydrogen) atoms. The highest BCUT2D eigenvalue weighted by Gasteiger charge is 2.17. The van der Waals surface area contributed by atoms with Crippen LogP contribution in [0.4, 0.5) is 0 Å². The lowest BCUT2D eigenvalue weighted by Crippen LogP contribution is -2.23. The Morgan fingerprint density at radius 2 is 1.71 bits per heavy atom. The van der Waals surface area contributed by atoms with Crippen LogP contribution in [0.25, 0.3) is 0 Å². The van der Waals surface area contributed by atoms with Crippen molar-refractivity contribution in [3.05, 3.63) is 34.9 Å². The van der Waals surface area contributed by atoms with Crippen LogP contribution in [-0.4, -0.2) is 11.6 Å². The van der Waals surface area contributed by atoms with Crippen LogP contribution in [0.15, 0.2) is 24.3 Å². The molecular formula is C11H13ClO2. The molecule has 0 spiro atoms. The van der Waals surface area contributed by atoms with Crippen LogP contribution in [0, 0.1) is 0 Å². The van der Waals surface area contributed by atoms with Crippen molar-refractivity contribution in [3.63, 3.8) is 0 Å². The molecule has 0 aromatic heterocycles. The van der Waals surface area contributed by atoms with E-state index in [9.17, 15) is 4.79 Å². The number of hydrogen-bond acceptors (Lipinski definition) is 2. The van der Waals surface area contributed by atoms with Crippen molar-refractivity contribution in [1.29, 1.82) is 0 Å². The van der Waals surface area contributed by atoms with Gasteiger partial charge >= 0.3 is 5.97 Å². The first-order chi connectivity index (χ1) is 6.38. The van der Waals surface area contributed by atoms with Crippen LogP contribution in [-0.2, 0) is 4.74 Å². The Bertz CT molecular complexity index is 322. The zero-order chi connectivity index (χ0) is 10.8. The first-order valence-electron chi connectivity index (χ1n) is 4.37. The average Bonchev–Trinajstić information content (AvgIpc) is 2.02. The van der Waals surface area contributed by atoms with E-state index in [2.05, 4.69) is 0 Å². The summed E-state index contributed by atoms with van der Waals surface area (Å²) in [4.78, 5) is 11.5. The fourth-order valence-electron chi connectivity index (χ4n) is 0.923. The summed E-state index contributed by atoms with van der Waals surface area (Å²) in [6.45, 7) is 5.50. The number of halogens is 1. The standard InChI is InChI=1S/C11H13ClO2/c1-11(2,3)14-10(13)8-4-6-9(12)7-5-8/h4-7H,1-3H3. The molecule has 76 valence electrons. The summed E-state index contributed by atoms with van der Waals surface area (Å²) in [6.07, 6.45) is 0. The molecule has 0 saturated heterocycles. The van der Waals surface area contributed by atoms with E-state index in [1.807, 2.05) is 20.8 Å². The third kappa shape index (κ3) is 3.38. The minimum Gasteiger partial charge on any atom is -0.456 e. The Hall–Kier alpha value is -1.02. The summed E-state index contributed by atoms with van der Waals surface area (Å²) >= 11 is 5.70. The van der Waals surface area contributed by atoms with E-state index in [-0.39, 0.29) is 5.97 Å². The molecule has 0 fully saturated rings. The first-order valence-corrected chi connectivity index (χ1v) is 4.75. The third-order valence-corrected chi connectivity index (χ3v) is 1.73. The lowest BCUT2D eigenvalue weighted by atomic mass is 10.2. The van der Waals surface area contributed by atoms with Gasteiger partial charge in [0.1, 0.15) is 5.60 Å². The van der Waals surface area contributed by atoms with Crippen LogP contribution in [0.2, 0.25) is 5.02 Å². The Morgan fingerprint density at radius 3 is 2.14 bits per heavy atom. The minimum absolute atomic E-state index is 0.325. The molecule has 0 bridgehead atoms. The molecule has 0 aliphatic rings. The van der Waals surface area contributed by atoms with Crippen LogP contribution in [0.1, 0.15) is 31.1 Å². The molecule has 0 unspecified atom stereocenters. The molecular weight excluding hydrogens is 200 g/mol. The van der Waals surface area contributed by atoms with E-state index in [4.69, 9.17) is 16.3 Å². The molecule has 1 rings (SSSR count). The van der Waals surface area contributed by atoms with Gasteiger partial charge in [-0.2, -0.15) is 0 Å². The quantitative estimate of drug-likeness (QED) is 0.668. The third-order valence-electron chi connectivity index (χ3n) is 1.48. The number of ether oxygens (including phenoxy) is 1. The van der Waals surface area contributed by atoms with E-state index < -0.39 is 5.60 Å². The Balaban J connectivity index is 2.76. The van der Waals surface area contributed by atoms with Gasteiger partial charge < -0.3 is 4.74 Å². The van der Waals surface area contributed by atoms with Gasteiger partial charge in [0.25, 0.3) is 0 Å². The summed E-state index contributed by atoms with van der Waals surface area (Å²) in [7, 11) is 0. The number of esters is 1. The molecule has 3 heteroatoms. The van der Waals surface area contributed by atoms with Crippen molar-refractivity contribution in [1.82, 2.24) is 0 Å². The fraction of sp³-hybridized carbons (Fsp3) is 0.364. The van der Waals surface area contributed by atoms with Gasteiger partial charge in [0.2, 0.25) is 0 Å². The summed E-state index contributed by atoms with van der Waals surface area (Å²) < 4.78 is 5.18. The highest BCUT2D eigenvalue weighted by Crippen LogP contribution is 2.14. The molecule has 1 aromatic rings. The van der Waals surface area contributed by atoms with E-state index in [0.29, 0.717) is 10.6 Å². The van der Waals surface area contributed by atoms with Gasteiger partial charge in [0.15, 0.2) is 0 Å². The predicted octanol–water partition coefficient (Wildman–Crippen LogP) is 3.30. The van der Waals surface area contributed by atoms with Gasteiger partial charge in [-0.15, -0.1) is 0 Å². The predicted molar refractivity (Wildman–Crippen MR) is 56.6 cm³/mol. The van der Waals surface area contributed by atoms with Gasteiger partial charge in [0.05, 0.1) is 5.56 Å². The second kappa shape index (κ2) is 4.01. The molecule has 0 N–H and O–H groups in total. The number of carbonyl (C=O) groups excluding carboxylic acids is 1. The normalized spacial score (nSPS) is 11.1. The van der Waals surface area contributed by atoms with Crippen molar-refractivity contribution >= 4 is 17.6 Å². The van der Waals surface area contributed by atoms with E-state index in [0.717, 1.165) is 0 Å². The largest absolute Gasteiger partial charge is 0.456 e. The van der Waals surface area contributed by atoms with Crippen molar-refractivity contribution in [2.45, 2.75) is 26.4 Å². The highest BCUT2D eigenvalue weighted by molar-refractivity contribution is 6.30. The van der Waals surface area contributed by atoms with Crippen LogP contribution in [0.3, 0.4) is 0 Å². The molecule has 0 aliphatic heterocycles. The second-order valence-corrected chi connectivity index (χ2v) is 4.45. The van der Waals surface area contributed by atoms with Gasteiger partial charge in [-0.25, -0.2) is 4.79 Å². The monoisotopic (exact) mass is 212 g/mol. The molecule has 0 amide bonds. The number of hydrogen-bond donors (Lipinski definition) is 0. The molecule has 1 aromatic carbocycles. The molecule has 0 saturated carbocycles. The maximum absolute atomic E-state index is 11.5. The second-order valence-electron chi connectivity index (χ2n) is 4.01. The topological polar surface area (TPSA) is 26.3 Å². The highest BCUT2D eigenvalue weighted by atomic mass is 35.5. The summed E-state index contributed by atoms with van der Waals surface area (Å²) in [5, 5.41) is 0.609. The van der Waals surface area contributed by atoms with Crippen molar-refractivity contribution in [2.24, 2.45) is 0 Å². The first kappa shape index (κ1) is 11.1. The SMILES string of the molecule is CC(C)(C)OC(=O)c1ccc(Cl)cc1. The minimum atomic E-state index is -0.462. The Kier molecular flexibility index (Phi) is 3.17. The van der Waals surface area contributed by atoms with Crippen molar-refractivity contribution < 1.29 is 9.53 Å². The smallest absolute Gasteiger partial charge is 0.338 e. The number of carbonyl (C=O) groups is 1. The van der Waals surface area contributed by atoms with Crippen LogP contribution >= 0.6 is 11.6 Å². The number of rotatable bonds is 1. The molecule has 0 aliphatic carbocycles. The van der Waals surface area contributed by atoms with E-state index in [1.54, 1.807) is 24.3 Å². The van der Waals surface area contributed by atoms with Crippen molar-refractivity contribution in [2.75, 3.05) is 0 Å². The molecule has 0 radical (unpaired) electrons. The fourth-order valence-corrected chi connectivity index (χ4v) is 1.05. The lowest BCUT2D eigenvalue weighted by molar-refractivity contribution is 0.00696. The van der Waals surface area contributed by atoms with E-state index in [1.165, 1.54) is 0 Å². The van der Waals surface area contributed by atoms with Gasteiger partial charge in [-0.05, 0) is 45.0 Å². The Morgan fingerprint density at radius 1 is 1.21 bits per heavy atom. The Labute approximate surface area is 88.8 Å².